The van der Waals surface area contributed by atoms with Gasteiger partial charge in [0, 0.05) is 18.7 Å². The monoisotopic (exact) mass is 239 g/mol. The van der Waals surface area contributed by atoms with Gasteiger partial charge in [-0.05, 0) is 38.8 Å². The Morgan fingerprint density at radius 2 is 2.18 bits per heavy atom. The van der Waals surface area contributed by atoms with E-state index in [1.54, 1.807) is 0 Å². The Morgan fingerprint density at radius 1 is 1.41 bits per heavy atom. The van der Waals surface area contributed by atoms with Gasteiger partial charge in [-0.15, -0.1) is 0 Å². The summed E-state index contributed by atoms with van der Waals surface area (Å²) >= 11 is 0. The molecule has 0 bridgehead atoms. The van der Waals surface area contributed by atoms with Gasteiger partial charge in [0.25, 0.3) is 0 Å². The summed E-state index contributed by atoms with van der Waals surface area (Å²) in [5.74, 6) is 2.67. The van der Waals surface area contributed by atoms with Gasteiger partial charge in [0.2, 0.25) is 0 Å². The van der Waals surface area contributed by atoms with Crippen LogP contribution in [-0.2, 0) is 17.9 Å². The van der Waals surface area contributed by atoms with E-state index < -0.39 is 0 Å². The first-order valence-electron chi connectivity index (χ1n) is 6.44. The van der Waals surface area contributed by atoms with Crippen molar-refractivity contribution >= 4 is 0 Å². The van der Waals surface area contributed by atoms with Crippen LogP contribution in [0.5, 0.6) is 0 Å². The summed E-state index contributed by atoms with van der Waals surface area (Å²) in [5.41, 5.74) is 1.22. The van der Waals surface area contributed by atoms with Gasteiger partial charge in [-0.25, -0.2) is 0 Å². The van der Waals surface area contributed by atoms with Crippen molar-refractivity contribution in [2.24, 2.45) is 5.92 Å². The average Bonchev–Trinajstić information content (AvgIpc) is 2.59. The standard InChI is InChI=1S/C14H25NO2/c1-11(2)6-5-7-16-10-14-8-13(9-15-4)12(3)17-14/h8,11,15H,5-7,9-10H2,1-4H3. The van der Waals surface area contributed by atoms with Crippen LogP contribution in [-0.4, -0.2) is 13.7 Å². The van der Waals surface area contributed by atoms with E-state index in [2.05, 4.69) is 25.2 Å². The molecule has 0 radical (unpaired) electrons. The van der Waals surface area contributed by atoms with Crippen molar-refractivity contribution < 1.29 is 9.15 Å². The van der Waals surface area contributed by atoms with Crippen LogP contribution in [0.1, 0.15) is 43.8 Å². The summed E-state index contributed by atoms with van der Waals surface area (Å²) < 4.78 is 11.2. The summed E-state index contributed by atoms with van der Waals surface area (Å²) in [6.45, 7) is 8.72. The second-order valence-corrected chi connectivity index (χ2v) is 4.91. The Bertz CT molecular complexity index is 318. The molecule has 0 aliphatic rings. The molecule has 3 heteroatoms. The van der Waals surface area contributed by atoms with Gasteiger partial charge in [0.05, 0.1) is 0 Å². The first-order chi connectivity index (χ1) is 8.13. The van der Waals surface area contributed by atoms with E-state index in [1.165, 1.54) is 12.0 Å². The topological polar surface area (TPSA) is 34.4 Å². The van der Waals surface area contributed by atoms with Crippen LogP contribution in [0.4, 0.5) is 0 Å². The molecule has 1 N–H and O–H groups in total. The van der Waals surface area contributed by atoms with E-state index in [1.807, 2.05) is 14.0 Å². The van der Waals surface area contributed by atoms with Crippen molar-refractivity contribution in [3.8, 4) is 0 Å². The molecule has 1 rings (SSSR count). The predicted molar refractivity (Wildman–Crippen MR) is 69.9 cm³/mol. The van der Waals surface area contributed by atoms with Crippen LogP contribution >= 0.6 is 0 Å². The third kappa shape index (κ3) is 5.37. The maximum absolute atomic E-state index is 5.63. The Balaban J connectivity index is 2.25. The molecule has 0 aliphatic heterocycles. The number of hydrogen-bond acceptors (Lipinski definition) is 3. The third-order valence-corrected chi connectivity index (χ3v) is 2.75. The van der Waals surface area contributed by atoms with Gasteiger partial charge in [-0.2, -0.15) is 0 Å². The van der Waals surface area contributed by atoms with Gasteiger partial charge in [0.15, 0.2) is 0 Å². The second-order valence-electron chi connectivity index (χ2n) is 4.91. The van der Waals surface area contributed by atoms with Gasteiger partial charge in [0.1, 0.15) is 18.1 Å². The first kappa shape index (κ1) is 14.3. The summed E-state index contributed by atoms with van der Waals surface area (Å²) in [6.07, 6.45) is 2.35. The number of hydrogen-bond donors (Lipinski definition) is 1. The van der Waals surface area contributed by atoms with Crippen molar-refractivity contribution in [3.05, 3.63) is 23.2 Å². The Morgan fingerprint density at radius 3 is 2.82 bits per heavy atom. The Labute approximate surface area is 105 Å². The van der Waals surface area contributed by atoms with E-state index in [4.69, 9.17) is 9.15 Å². The number of rotatable bonds is 8. The summed E-state index contributed by atoms with van der Waals surface area (Å²) in [6, 6.07) is 2.08. The fraction of sp³-hybridized carbons (Fsp3) is 0.714. The molecule has 0 unspecified atom stereocenters. The Hall–Kier alpha value is -0.800. The largest absolute Gasteiger partial charge is 0.464 e. The lowest BCUT2D eigenvalue weighted by molar-refractivity contribution is 0.100. The highest BCUT2D eigenvalue weighted by atomic mass is 16.5. The Kier molecular flexibility index (Phi) is 6.30. The van der Waals surface area contributed by atoms with Crippen molar-refractivity contribution in [2.75, 3.05) is 13.7 Å². The van der Waals surface area contributed by atoms with Crippen LogP contribution < -0.4 is 5.32 Å². The fourth-order valence-electron chi connectivity index (χ4n) is 1.79. The molecule has 0 saturated carbocycles. The fourth-order valence-corrected chi connectivity index (χ4v) is 1.79. The highest BCUT2D eigenvalue weighted by molar-refractivity contribution is 5.20. The smallest absolute Gasteiger partial charge is 0.130 e. The minimum Gasteiger partial charge on any atom is -0.464 e. The molecule has 1 heterocycles. The molecule has 0 atom stereocenters. The first-order valence-corrected chi connectivity index (χ1v) is 6.44. The van der Waals surface area contributed by atoms with E-state index in [0.29, 0.717) is 6.61 Å². The SMILES string of the molecule is CNCc1cc(COCCCC(C)C)oc1C. The lowest BCUT2D eigenvalue weighted by atomic mass is 10.1. The maximum atomic E-state index is 5.63. The quantitative estimate of drug-likeness (QED) is 0.707. The molecule has 0 saturated heterocycles. The zero-order valence-electron chi connectivity index (χ0n) is 11.5. The summed E-state index contributed by atoms with van der Waals surface area (Å²) in [4.78, 5) is 0. The van der Waals surface area contributed by atoms with E-state index in [-0.39, 0.29) is 0 Å². The van der Waals surface area contributed by atoms with Crippen molar-refractivity contribution in [1.82, 2.24) is 5.32 Å². The minimum atomic E-state index is 0.586. The normalized spacial score (nSPS) is 11.4. The zero-order chi connectivity index (χ0) is 12.7. The van der Waals surface area contributed by atoms with Gasteiger partial charge >= 0.3 is 0 Å². The lowest BCUT2D eigenvalue weighted by Crippen LogP contribution is -2.04. The van der Waals surface area contributed by atoms with Crippen LogP contribution in [0, 0.1) is 12.8 Å². The molecule has 3 nitrogen and oxygen atoms in total. The molecule has 0 spiro atoms. The molecule has 0 aromatic carbocycles. The number of ether oxygens (including phenoxy) is 1. The van der Waals surface area contributed by atoms with Gasteiger partial charge < -0.3 is 14.5 Å². The molecular formula is C14H25NO2. The molecule has 0 aliphatic carbocycles. The molecule has 1 aromatic heterocycles. The molecule has 98 valence electrons. The molecular weight excluding hydrogens is 214 g/mol. The highest BCUT2D eigenvalue weighted by Gasteiger charge is 2.06. The molecule has 0 amide bonds. The lowest BCUT2D eigenvalue weighted by Gasteiger charge is -2.04. The van der Waals surface area contributed by atoms with E-state index in [9.17, 15) is 0 Å². The summed E-state index contributed by atoms with van der Waals surface area (Å²) in [5, 5.41) is 3.13. The molecule has 17 heavy (non-hydrogen) atoms. The predicted octanol–water partition coefficient (Wildman–Crippen LogP) is 3.26. The maximum Gasteiger partial charge on any atom is 0.130 e. The van der Waals surface area contributed by atoms with Crippen molar-refractivity contribution in [3.63, 3.8) is 0 Å². The summed E-state index contributed by atoms with van der Waals surface area (Å²) in [7, 11) is 1.94. The molecule has 1 aromatic rings. The highest BCUT2D eigenvalue weighted by Crippen LogP contribution is 2.15. The number of furan rings is 1. The van der Waals surface area contributed by atoms with Gasteiger partial charge in [-0.1, -0.05) is 13.8 Å². The van der Waals surface area contributed by atoms with E-state index >= 15 is 0 Å². The zero-order valence-corrected chi connectivity index (χ0v) is 11.5. The van der Waals surface area contributed by atoms with Gasteiger partial charge in [-0.3, -0.25) is 0 Å². The molecule has 0 fully saturated rings. The van der Waals surface area contributed by atoms with Crippen LogP contribution in [0.15, 0.2) is 10.5 Å². The van der Waals surface area contributed by atoms with Crippen LogP contribution in [0.3, 0.4) is 0 Å². The average molecular weight is 239 g/mol. The third-order valence-electron chi connectivity index (χ3n) is 2.75. The van der Waals surface area contributed by atoms with Crippen LogP contribution in [0.25, 0.3) is 0 Å². The second kappa shape index (κ2) is 7.51. The number of aryl methyl sites for hydroxylation is 1. The van der Waals surface area contributed by atoms with Crippen molar-refractivity contribution in [1.29, 1.82) is 0 Å². The number of nitrogens with one attached hydrogen (secondary N) is 1. The van der Waals surface area contributed by atoms with Crippen LogP contribution in [0.2, 0.25) is 0 Å². The van der Waals surface area contributed by atoms with E-state index in [0.717, 1.165) is 37.0 Å². The minimum absolute atomic E-state index is 0.586. The van der Waals surface area contributed by atoms with Crippen molar-refractivity contribution in [2.45, 2.75) is 46.8 Å².